The van der Waals surface area contributed by atoms with E-state index in [4.69, 9.17) is 0 Å². The number of thiazole rings is 1. The van der Waals surface area contributed by atoms with Gasteiger partial charge in [-0.15, -0.1) is 11.3 Å². The molecule has 0 saturated carbocycles. The Morgan fingerprint density at radius 2 is 1.63 bits per heavy atom. The Labute approximate surface area is 156 Å². The maximum Gasteiger partial charge on any atom is 0.270 e. The van der Waals surface area contributed by atoms with E-state index < -0.39 is 19.9 Å². The summed E-state index contributed by atoms with van der Waals surface area (Å²) in [5.74, 6) is 0. The molecule has 0 aliphatic rings. The number of nitrogens with zero attached hydrogens (tertiary/aromatic N) is 3. The van der Waals surface area contributed by atoms with E-state index in [1.165, 1.54) is 42.5 Å². The smallest absolute Gasteiger partial charge is 0.258 e. The van der Waals surface area contributed by atoms with Crippen LogP contribution in [0.3, 0.4) is 0 Å². The van der Waals surface area contributed by atoms with E-state index in [0.29, 0.717) is 11.3 Å². The molecule has 0 aliphatic carbocycles. The summed E-state index contributed by atoms with van der Waals surface area (Å²) in [6, 6.07) is 10.3. The van der Waals surface area contributed by atoms with Crippen LogP contribution in [0.1, 0.15) is 0 Å². The Hall–Kier alpha value is -3.38. The Kier molecular flexibility index (Phi) is 4.83. The zero-order chi connectivity index (χ0) is 19.6. The first kappa shape index (κ1) is 18.4. The lowest BCUT2D eigenvalue weighted by Crippen LogP contribution is -2.13. The zero-order valence-electron chi connectivity index (χ0n) is 13.3. The number of non-ortho nitro benzene ring substituents is 2. The van der Waals surface area contributed by atoms with Gasteiger partial charge >= 0.3 is 0 Å². The minimum Gasteiger partial charge on any atom is -0.258 e. The molecule has 0 atom stereocenters. The number of nitro benzene ring substituents is 2. The van der Waals surface area contributed by atoms with Crippen molar-refractivity contribution in [3.63, 3.8) is 0 Å². The number of aromatic nitrogens is 1. The summed E-state index contributed by atoms with van der Waals surface area (Å²) in [5, 5.41) is 23.1. The van der Waals surface area contributed by atoms with E-state index in [-0.39, 0.29) is 21.4 Å². The predicted molar refractivity (Wildman–Crippen MR) is 98.1 cm³/mol. The van der Waals surface area contributed by atoms with Crippen molar-refractivity contribution in [3.8, 4) is 11.3 Å². The minimum absolute atomic E-state index is 0.0647. The summed E-state index contributed by atoms with van der Waals surface area (Å²) >= 11 is 1.02. The van der Waals surface area contributed by atoms with Crippen molar-refractivity contribution in [1.82, 2.24) is 4.98 Å². The third-order valence-electron chi connectivity index (χ3n) is 3.44. The van der Waals surface area contributed by atoms with Gasteiger partial charge < -0.3 is 0 Å². The van der Waals surface area contributed by atoms with Crippen molar-refractivity contribution in [1.29, 1.82) is 0 Å². The summed E-state index contributed by atoms with van der Waals surface area (Å²) < 4.78 is 27.1. The first-order valence-electron chi connectivity index (χ1n) is 7.24. The topological polar surface area (TPSA) is 145 Å². The molecule has 27 heavy (non-hydrogen) atoms. The highest BCUT2D eigenvalue weighted by Gasteiger charge is 2.19. The van der Waals surface area contributed by atoms with Gasteiger partial charge in [-0.25, -0.2) is 13.4 Å². The van der Waals surface area contributed by atoms with E-state index in [1.54, 1.807) is 5.38 Å². The lowest BCUT2D eigenvalue weighted by Gasteiger charge is -2.04. The molecule has 3 rings (SSSR count). The SMILES string of the molecule is O=[N+]([O-])c1ccc(-c2csc(NS(=O)(=O)c3cccc([N+](=O)[O-])c3)n2)cc1. The van der Waals surface area contributed by atoms with Crippen molar-refractivity contribution in [2.75, 3.05) is 4.72 Å². The number of benzene rings is 2. The molecule has 1 heterocycles. The van der Waals surface area contributed by atoms with E-state index >= 15 is 0 Å². The monoisotopic (exact) mass is 406 g/mol. The molecule has 10 nitrogen and oxygen atoms in total. The van der Waals surface area contributed by atoms with Gasteiger partial charge in [0.05, 0.1) is 20.4 Å². The van der Waals surface area contributed by atoms with Crippen molar-refractivity contribution >= 4 is 37.9 Å². The summed E-state index contributed by atoms with van der Waals surface area (Å²) in [6.07, 6.45) is 0. The zero-order valence-corrected chi connectivity index (χ0v) is 14.9. The molecule has 0 amide bonds. The standard InChI is InChI=1S/C15H10N4O6S2/c20-18(21)11-6-4-10(5-7-11)14-9-26-15(16-14)17-27(24,25)13-3-1-2-12(8-13)19(22)23/h1-9H,(H,16,17). The van der Waals surface area contributed by atoms with Gasteiger partial charge in [0, 0.05) is 35.2 Å². The fourth-order valence-corrected chi connectivity index (χ4v) is 4.16. The highest BCUT2D eigenvalue weighted by Crippen LogP contribution is 2.28. The second-order valence-electron chi connectivity index (χ2n) is 5.20. The van der Waals surface area contributed by atoms with Crippen molar-refractivity contribution in [3.05, 3.63) is 74.1 Å². The molecule has 0 aliphatic heterocycles. The molecule has 0 spiro atoms. The molecular weight excluding hydrogens is 396 g/mol. The third-order valence-corrected chi connectivity index (χ3v) is 5.66. The Balaban J connectivity index is 1.83. The lowest BCUT2D eigenvalue weighted by atomic mass is 10.1. The largest absolute Gasteiger partial charge is 0.270 e. The maximum absolute atomic E-state index is 12.4. The summed E-state index contributed by atoms with van der Waals surface area (Å²) in [7, 11) is -4.05. The molecule has 138 valence electrons. The third kappa shape index (κ3) is 4.07. The fraction of sp³-hybridized carbons (Fsp3) is 0. The molecular formula is C15H10N4O6S2. The van der Waals surface area contributed by atoms with Crippen LogP contribution in [0, 0.1) is 20.2 Å². The van der Waals surface area contributed by atoms with E-state index in [1.807, 2.05) is 0 Å². The van der Waals surface area contributed by atoms with Crippen LogP contribution in [0.25, 0.3) is 11.3 Å². The molecule has 1 aromatic heterocycles. The van der Waals surface area contributed by atoms with Gasteiger partial charge in [-0.2, -0.15) is 0 Å². The minimum atomic E-state index is -4.05. The van der Waals surface area contributed by atoms with E-state index in [9.17, 15) is 28.6 Å². The molecule has 12 heteroatoms. The first-order chi connectivity index (χ1) is 12.8. The number of sulfonamides is 1. The number of nitrogens with one attached hydrogen (secondary N) is 1. The van der Waals surface area contributed by atoms with Crippen LogP contribution in [0.2, 0.25) is 0 Å². The van der Waals surface area contributed by atoms with Gasteiger partial charge in [-0.1, -0.05) is 6.07 Å². The molecule has 2 aromatic carbocycles. The van der Waals surface area contributed by atoms with Crippen LogP contribution >= 0.6 is 11.3 Å². The second-order valence-corrected chi connectivity index (χ2v) is 7.74. The van der Waals surface area contributed by atoms with Crippen molar-refractivity contribution in [2.24, 2.45) is 0 Å². The van der Waals surface area contributed by atoms with Crippen LogP contribution < -0.4 is 4.72 Å². The normalized spacial score (nSPS) is 11.1. The number of anilines is 1. The molecule has 3 aromatic rings. The lowest BCUT2D eigenvalue weighted by molar-refractivity contribution is -0.385. The fourth-order valence-electron chi connectivity index (χ4n) is 2.15. The van der Waals surface area contributed by atoms with Gasteiger partial charge in [0.25, 0.3) is 21.4 Å². The first-order valence-corrected chi connectivity index (χ1v) is 9.60. The molecule has 0 fully saturated rings. The number of rotatable bonds is 6. The average molecular weight is 406 g/mol. The predicted octanol–water partition coefficient (Wildman–Crippen LogP) is 3.43. The van der Waals surface area contributed by atoms with Crippen LogP contribution in [0.15, 0.2) is 58.8 Å². The molecule has 1 N–H and O–H groups in total. The van der Waals surface area contributed by atoms with E-state index in [2.05, 4.69) is 9.71 Å². The Morgan fingerprint density at radius 3 is 2.26 bits per heavy atom. The molecule has 0 radical (unpaired) electrons. The van der Waals surface area contributed by atoms with Crippen LogP contribution in [0.5, 0.6) is 0 Å². The van der Waals surface area contributed by atoms with Gasteiger partial charge in [0.15, 0.2) is 5.13 Å². The van der Waals surface area contributed by atoms with Gasteiger partial charge in [-0.05, 0) is 18.2 Å². The quantitative estimate of drug-likeness (QED) is 0.487. The van der Waals surface area contributed by atoms with Gasteiger partial charge in [-0.3, -0.25) is 25.0 Å². The number of hydrogen-bond donors (Lipinski definition) is 1. The Bertz CT molecular complexity index is 1130. The number of nitro groups is 2. The van der Waals surface area contributed by atoms with Gasteiger partial charge in [0.1, 0.15) is 0 Å². The van der Waals surface area contributed by atoms with Crippen LogP contribution in [-0.2, 0) is 10.0 Å². The molecule has 0 unspecified atom stereocenters. The molecule has 0 saturated heterocycles. The summed E-state index contributed by atoms with van der Waals surface area (Å²) in [5.41, 5.74) is 0.605. The highest BCUT2D eigenvalue weighted by atomic mass is 32.2. The van der Waals surface area contributed by atoms with Crippen molar-refractivity contribution < 1.29 is 18.3 Å². The molecule has 0 bridgehead atoms. The average Bonchev–Trinajstić information content (AvgIpc) is 3.09. The van der Waals surface area contributed by atoms with Crippen molar-refractivity contribution in [2.45, 2.75) is 4.90 Å². The maximum atomic E-state index is 12.4. The highest BCUT2D eigenvalue weighted by molar-refractivity contribution is 7.93. The Morgan fingerprint density at radius 1 is 0.963 bits per heavy atom. The number of hydrogen-bond acceptors (Lipinski definition) is 8. The van der Waals surface area contributed by atoms with Crippen LogP contribution in [-0.4, -0.2) is 23.2 Å². The second kappa shape index (κ2) is 7.09. The summed E-state index contributed by atoms with van der Waals surface area (Å²) in [4.78, 5) is 24.2. The van der Waals surface area contributed by atoms with Crippen LogP contribution in [0.4, 0.5) is 16.5 Å². The summed E-state index contributed by atoms with van der Waals surface area (Å²) in [6.45, 7) is 0. The van der Waals surface area contributed by atoms with Gasteiger partial charge in [0.2, 0.25) is 0 Å². The van der Waals surface area contributed by atoms with E-state index in [0.717, 1.165) is 17.4 Å².